The summed E-state index contributed by atoms with van der Waals surface area (Å²) in [6.45, 7) is 8.59. The molecule has 6 nitrogen and oxygen atoms in total. The molecule has 2 aliphatic rings. The lowest BCUT2D eigenvalue weighted by Gasteiger charge is -2.35. The molecular weight excluding hydrogens is 489 g/mol. The van der Waals surface area contributed by atoms with Gasteiger partial charge in [0.15, 0.2) is 15.8 Å². The van der Waals surface area contributed by atoms with E-state index >= 15 is 0 Å². The van der Waals surface area contributed by atoms with Gasteiger partial charge >= 0.3 is 0 Å². The minimum Gasteiger partial charge on any atom is -0.381 e. The Labute approximate surface area is 189 Å². The fourth-order valence-electron chi connectivity index (χ4n) is 4.35. The molecule has 2 unspecified atom stereocenters. The van der Waals surface area contributed by atoms with E-state index in [0.29, 0.717) is 38.0 Å². The van der Waals surface area contributed by atoms with E-state index in [0.717, 1.165) is 18.4 Å². The number of nitrogens with zero attached hydrogens (tertiary/aromatic N) is 1. The molecule has 0 bridgehead atoms. The lowest BCUT2D eigenvalue weighted by Crippen LogP contribution is -2.49. The first kappa shape index (κ1) is 25.9. The van der Waals surface area contributed by atoms with Gasteiger partial charge in [-0.1, -0.05) is 39.0 Å². The highest BCUT2D eigenvalue weighted by Gasteiger charge is 2.42. The molecule has 0 aromatic rings. The van der Waals surface area contributed by atoms with Crippen LogP contribution in [-0.2, 0) is 14.6 Å². The molecule has 1 aliphatic heterocycles. The first-order valence-electron chi connectivity index (χ1n) is 10.6. The summed E-state index contributed by atoms with van der Waals surface area (Å²) >= 11 is 0. The Morgan fingerprint density at radius 2 is 1.79 bits per heavy atom. The largest absolute Gasteiger partial charge is 0.381 e. The average molecular weight is 530 g/mol. The van der Waals surface area contributed by atoms with Crippen LogP contribution in [0.1, 0.15) is 65.7 Å². The summed E-state index contributed by atoms with van der Waals surface area (Å²) in [5, 5.41) is 6.83. The van der Waals surface area contributed by atoms with Gasteiger partial charge in [-0.15, -0.1) is 24.0 Å². The second-order valence-corrected chi connectivity index (χ2v) is 10.9. The van der Waals surface area contributed by atoms with Gasteiger partial charge in [-0.05, 0) is 38.5 Å². The minimum atomic E-state index is -3.20. The van der Waals surface area contributed by atoms with Crippen LogP contribution in [0, 0.1) is 11.8 Å². The summed E-state index contributed by atoms with van der Waals surface area (Å²) in [4.78, 5) is 4.70. The van der Waals surface area contributed by atoms with Crippen molar-refractivity contribution >= 4 is 39.8 Å². The summed E-state index contributed by atoms with van der Waals surface area (Å²) in [5.41, 5.74) is 0. The summed E-state index contributed by atoms with van der Waals surface area (Å²) in [5.74, 6) is 2.06. The molecule has 1 heterocycles. The predicted molar refractivity (Wildman–Crippen MR) is 127 cm³/mol. The van der Waals surface area contributed by atoms with Crippen LogP contribution in [0.3, 0.4) is 0 Å². The lowest BCUT2D eigenvalue weighted by atomic mass is 9.78. The number of hydrogen-bond donors (Lipinski definition) is 2. The molecule has 2 fully saturated rings. The van der Waals surface area contributed by atoms with Crippen molar-refractivity contribution in [2.24, 2.45) is 16.8 Å². The summed E-state index contributed by atoms with van der Waals surface area (Å²) in [6.07, 6.45) is 9.06. The van der Waals surface area contributed by atoms with Crippen LogP contribution in [-0.4, -0.2) is 57.7 Å². The summed E-state index contributed by atoms with van der Waals surface area (Å²) in [6, 6.07) is 0.301. The molecule has 0 spiro atoms. The van der Waals surface area contributed by atoms with Crippen molar-refractivity contribution in [2.45, 2.75) is 76.5 Å². The van der Waals surface area contributed by atoms with Crippen LogP contribution in [0.5, 0.6) is 0 Å². The smallest absolute Gasteiger partial charge is 0.191 e. The normalized spacial score (nSPS) is 23.4. The Morgan fingerprint density at radius 3 is 2.32 bits per heavy atom. The van der Waals surface area contributed by atoms with Crippen molar-refractivity contribution in [3.63, 3.8) is 0 Å². The predicted octanol–water partition coefficient (Wildman–Crippen LogP) is 3.36. The van der Waals surface area contributed by atoms with Crippen LogP contribution < -0.4 is 10.6 Å². The van der Waals surface area contributed by atoms with E-state index < -0.39 is 14.6 Å². The Kier molecular flexibility index (Phi) is 11.1. The molecule has 1 saturated carbocycles. The number of halogens is 1. The highest BCUT2D eigenvalue weighted by molar-refractivity contribution is 14.0. The maximum absolute atomic E-state index is 12.4. The number of aliphatic imine (C=N–C) groups is 1. The number of hydrogen-bond acceptors (Lipinski definition) is 4. The number of ether oxygens (including phenoxy) is 1. The zero-order chi connectivity index (χ0) is 19.9. The maximum Gasteiger partial charge on any atom is 0.191 e. The van der Waals surface area contributed by atoms with Gasteiger partial charge in [0.1, 0.15) is 0 Å². The molecular formula is C20H40IN3O3S. The molecule has 1 saturated heterocycles. The molecule has 0 aromatic carbocycles. The molecule has 0 radical (unpaired) electrons. The topological polar surface area (TPSA) is 79.8 Å². The Balaban J connectivity index is 0.00000392. The van der Waals surface area contributed by atoms with E-state index in [-0.39, 0.29) is 30.5 Å². The van der Waals surface area contributed by atoms with Crippen LogP contribution >= 0.6 is 24.0 Å². The highest BCUT2D eigenvalue weighted by Crippen LogP contribution is 2.32. The van der Waals surface area contributed by atoms with Crippen molar-refractivity contribution in [2.75, 3.05) is 32.6 Å². The maximum atomic E-state index is 12.4. The molecule has 1 aliphatic carbocycles. The van der Waals surface area contributed by atoms with E-state index in [2.05, 4.69) is 24.5 Å². The standard InChI is InChI=1S/C20H39N3O3S.HI/c1-5-21-19(23-17(3)16(2)18-9-7-6-8-10-18)22-15-20(27(4,24)25)11-13-26-14-12-20;/h16-18H,5-15H2,1-4H3,(H2,21,22,23);1H. The van der Waals surface area contributed by atoms with Crippen LogP contribution in [0.4, 0.5) is 0 Å². The Morgan fingerprint density at radius 1 is 1.18 bits per heavy atom. The lowest BCUT2D eigenvalue weighted by molar-refractivity contribution is 0.0768. The molecule has 2 atom stereocenters. The SMILES string of the molecule is CCNC(=NCC1(S(C)(=O)=O)CCOCC1)NC(C)C(C)C1CCCCC1.I. The van der Waals surface area contributed by atoms with Gasteiger partial charge in [-0.2, -0.15) is 0 Å². The van der Waals surface area contributed by atoms with Crippen molar-refractivity contribution in [1.29, 1.82) is 0 Å². The van der Waals surface area contributed by atoms with Gasteiger partial charge < -0.3 is 15.4 Å². The minimum absolute atomic E-state index is 0. The van der Waals surface area contributed by atoms with Crippen molar-refractivity contribution in [3.8, 4) is 0 Å². The van der Waals surface area contributed by atoms with Crippen molar-refractivity contribution in [3.05, 3.63) is 0 Å². The molecule has 28 heavy (non-hydrogen) atoms. The van der Waals surface area contributed by atoms with Crippen LogP contribution in [0.25, 0.3) is 0 Å². The van der Waals surface area contributed by atoms with E-state index in [4.69, 9.17) is 9.73 Å². The second-order valence-electron chi connectivity index (χ2n) is 8.45. The third-order valence-corrected chi connectivity index (χ3v) is 8.72. The van der Waals surface area contributed by atoms with E-state index in [1.165, 1.54) is 38.4 Å². The van der Waals surface area contributed by atoms with Gasteiger partial charge in [0, 0.05) is 32.1 Å². The van der Waals surface area contributed by atoms with Crippen LogP contribution in [0.15, 0.2) is 4.99 Å². The fraction of sp³-hybridized carbons (Fsp3) is 0.950. The van der Waals surface area contributed by atoms with Gasteiger partial charge in [0.25, 0.3) is 0 Å². The van der Waals surface area contributed by atoms with Gasteiger partial charge in [0.05, 0.1) is 11.3 Å². The number of nitrogens with one attached hydrogen (secondary N) is 2. The zero-order valence-corrected chi connectivity index (χ0v) is 21.1. The second kappa shape index (κ2) is 11.9. The highest BCUT2D eigenvalue weighted by atomic mass is 127. The molecule has 166 valence electrons. The van der Waals surface area contributed by atoms with Crippen LogP contribution in [0.2, 0.25) is 0 Å². The Hall–Kier alpha value is -0.0900. The number of sulfone groups is 1. The molecule has 2 N–H and O–H groups in total. The number of guanidine groups is 1. The van der Waals surface area contributed by atoms with Gasteiger partial charge in [-0.25, -0.2) is 8.42 Å². The number of rotatable bonds is 7. The quantitative estimate of drug-likeness (QED) is 0.301. The molecule has 0 aromatic heterocycles. The molecule has 0 amide bonds. The summed E-state index contributed by atoms with van der Waals surface area (Å²) in [7, 11) is -3.20. The average Bonchev–Trinajstić information content (AvgIpc) is 2.66. The zero-order valence-electron chi connectivity index (χ0n) is 18.0. The van der Waals surface area contributed by atoms with Crippen molar-refractivity contribution < 1.29 is 13.2 Å². The van der Waals surface area contributed by atoms with E-state index in [1.54, 1.807) is 0 Å². The molecule has 2 rings (SSSR count). The fourth-order valence-corrected chi connectivity index (χ4v) is 5.56. The first-order valence-corrected chi connectivity index (χ1v) is 12.5. The Bertz CT molecular complexity index is 586. The molecule has 8 heteroatoms. The van der Waals surface area contributed by atoms with Crippen molar-refractivity contribution in [1.82, 2.24) is 10.6 Å². The van der Waals surface area contributed by atoms with Gasteiger partial charge in [0.2, 0.25) is 0 Å². The van der Waals surface area contributed by atoms with E-state index in [1.807, 2.05) is 6.92 Å². The van der Waals surface area contributed by atoms with E-state index in [9.17, 15) is 8.42 Å². The monoisotopic (exact) mass is 529 g/mol. The third-order valence-electron chi connectivity index (χ3n) is 6.61. The third kappa shape index (κ3) is 7.00. The van der Waals surface area contributed by atoms with Gasteiger partial charge in [-0.3, -0.25) is 4.99 Å². The summed E-state index contributed by atoms with van der Waals surface area (Å²) < 4.78 is 29.5. The first-order chi connectivity index (χ1) is 12.8.